The van der Waals surface area contributed by atoms with Crippen LogP contribution in [0.5, 0.6) is 5.75 Å². The summed E-state index contributed by atoms with van der Waals surface area (Å²) in [6, 6.07) is 10.8. The van der Waals surface area contributed by atoms with Gasteiger partial charge in [0.25, 0.3) is 5.91 Å². The van der Waals surface area contributed by atoms with Crippen molar-refractivity contribution in [2.75, 3.05) is 7.04 Å². The van der Waals surface area contributed by atoms with Crippen LogP contribution >= 0.6 is 11.6 Å². The van der Waals surface area contributed by atoms with Crippen molar-refractivity contribution in [2.45, 2.75) is 13.3 Å². The average Bonchev–Trinajstić information content (AvgIpc) is 2.85. The largest absolute Gasteiger partial charge is 0.497 e. The number of benzene rings is 2. The van der Waals surface area contributed by atoms with Crippen molar-refractivity contribution in [2.24, 2.45) is 0 Å². The van der Waals surface area contributed by atoms with Crippen LogP contribution in [0.3, 0.4) is 0 Å². The first-order valence-electron chi connectivity index (χ1n) is 8.92. The highest BCUT2D eigenvalue weighted by Gasteiger charge is 2.21. The Hall–Kier alpha value is -2.79. The smallest absolute Gasteiger partial charge is 0.307 e. The molecule has 0 radical (unpaired) electrons. The molecule has 3 rings (SSSR count). The summed E-state index contributed by atoms with van der Waals surface area (Å²) in [5.41, 5.74) is 1.73. The van der Waals surface area contributed by atoms with Gasteiger partial charge < -0.3 is 9.84 Å². The molecule has 0 saturated heterocycles. The van der Waals surface area contributed by atoms with Crippen LogP contribution in [0.15, 0.2) is 42.5 Å². The summed E-state index contributed by atoms with van der Waals surface area (Å²) in [6.45, 7) is 1.65. The number of aromatic nitrogens is 1. The zero-order valence-electron chi connectivity index (χ0n) is 16.2. The van der Waals surface area contributed by atoms with Crippen LogP contribution in [-0.4, -0.2) is 28.6 Å². The molecule has 0 aliphatic heterocycles. The number of carbonyl (C=O) groups is 2. The number of carbonyl (C=O) groups excluding carboxylic acids is 1. The molecule has 1 heterocycles. The lowest BCUT2D eigenvalue weighted by molar-refractivity contribution is -0.136. The van der Waals surface area contributed by atoms with Crippen molar-refractivity contribution in [3.63, 3.8) is 0 Å². The molecule has 0 atom stereocenters. The second-order valence-electron chi connectivity index (χ2n) is 5.56. The maximum absolute atomic E-state index is 13.1. The van der Waals surface area contributed by atoms with Crippen LogP contribution in [0, 0.1) is 6.92 Å². The number of hydrogen-bond acceptors (Lipinski definition) is 3. The van der Waals surface area contributed by atoms with Gasteiger partial charge in [0.05, 0.1) is 23.1 Å². The van der Waals surface area contributed by atoms with Crippen molar-refractivity contribution >= 4 is 34.4 Å². The molecular weight excluding hydrogens is 342 g/mol. The molecule has 0 bridgehead atoms. The Labute approximate surface area is 153 Å². The Morgan fingerprint density at radius 1 is 1.24 bits per heavy atom. The SMILES string of the molecule is [2H]C([2H])([2H])Oc1ccc2c(c1)c(CC(=O)O)c(C)n2C(=O)c1ccc(Cl)cc1. The maximum atomic E-state index is 13.1. The molecule has 0 aliphatic rings. The second kappa shape index (κ2) is 6.61. The monoisotopic (exact) mass is 360 g/mol. The van der Waals surface area contributed by atoms with Crippen LogP contribution < -0.4 is 4.74 Å². The molecule has 2 aromatic carbocycles. The van der Waals surface area contributed by atoms with Gasteiger partial charge in [0, 0.05) is 21.7 Å². The summed E-state index contributed by atoms with van der Waals surface area (Å²) in [6.07, 6.45) is -0.319. The molecule has 1 aromatic heterocycles. The summed E-state index contributed by atoms with van der Waals surface area (Å²) in [4.78, 5) is 24.4. The summed E-state index contributed by atoms with van der Waals surface area (Å²) >= 11 is 5.88. The van der Waals surface area contributed by atoms with Crippen molar-refractivity contribution in [1.29, 1.82) is 0 Å². The standard InChI is InChI=1S/C19H16ClNO4/c1-11-15(10-18(22)23)16-9-14(25-2)7-8-17(16)21(11)19(24)12-3-5-13(20)6-4-12/h3-9H,10H2,1-2H3,(H,22,23)/i2D3. The average molecular weight is 361 g/mol. The zero-order chi connectivity index (χ0) is 20.6. The van der Waals surface area contributed by atoms with E-state index in [0.29, 0.717) is 32.7 Å². The van der Waals surface area contributed by atoms with Gasteiger partial charge in [0.2, 0.25) is 0 Å². The Bertz CT molecular complexity index is 1070. The number of ether oxygens (including phenoxy) is 1. The lowest BCUT2D eigenvalue weighted by atomic mass is 10.1. The van der Waals surface area contributed by atoms with Crippen molar-refractivity contribution in [3.8, 4) is 5.75 Å². The molecule has 0 aliphatic carbocycles. The first-order valence-corrected chi connectivity index (χ1v) is 7.79. The third-order valence-electron chi connectivity index (χ3n) is 4.05. The second-order valence-corrected chi connectivity index (χ2v) is 6.00. The first-order chi connectivity index (χ1) is 13.1. The molecule has 3 aromatic rings. The maximum Gasteiger partial charge on any atom is 0.307 e. The summed E-state index contributed by atoms with van der Waals surface area (Å²) in [5, 5.41) is 10.2. The van der Waals surface area contributed by atoms with Gasteiger partial charge in [-0.05, 0) is 55.0 Å². The van der Waals surface area contributed by atoms with Crippen molar-refractivity contribution in [1.82, 2.24) is 4.57 Å². The molecule has 0 saturated carbocycles. The van der Waals surface area contributed by atoms with Crippen LogP contribution in [0.1, 0.15) is 25.7 Å². The van der Waals surface area contributed by atoms with Crippen molar-refractivity contribution < 1.29 is 23.5 Å². The number of fused-ring (bicyclic) bond motifs is 1. The number of carboxylic acids is 1. The summed E-state index contributed by atoms with van der Waals surface area (Å²) < 4.78 is 28.0. The van der Waals surface area contributed by atoms with Gasteiger partial charge in [-0.15, -0.1) is 0 Å². The van der Waals surface area contributed by atoms with E-state index in [1.54, 1.807) is 37.3 Å². The molecular formula is C19H16ClNO4. The molecule has 0 spiro atoms. The minimum absolute atomic E-state index is 0.0650. The Morgan fingerprint density at radius 2 is 1.96 bits per heavy atom. The zero-order valence-corrected chi connectivity index (χ0v) is 14.0. The van der Waals surface area contributed by atoms with E-state index in [1.807, 2.05) is 0 Å². The van der Waals surface area contributed by atoms with E-state index in [2.05, 4.69) is 0 Å². The van der Waals surface area contributed by atoms with Gasteiger partial charge in [0.15, 0.2) is 0 Å². The first kappa shape index (κ1) is 13.5. The van der Waals surface area contributed by atoms with E-state index in [9.17, 15) is 14.7 Å². The van der Waals surface area contributed by atoms with Gasteiger partial charge in [-0.1, -0.05) is 11.6 Å². The van der Waals surface area contributed by atoms with E-state index in [1.165, 1.54) is 16.7 Å². The fraction of sp³-hybridized carbons (Fsp3) is 0.158. The fourth-order valence-electron chi connectivity index (χ4n) is 2.88. The van der Waals surface area contributed by atoms with E-state index in [-0.39, 0.29) is 18.1 Å². The van der Waals surface area contributed by atoms with E-state index in [4.69, 9.17) is 20.5 Å². The summed E-state index contributed by atoms with van der Waals surface area (Å²) in [5.74, 6) is -1.35. The molecule has 0 fully saturated rings. The number of nitrogens with zero attached hydrogens (tertiary/aromatic N) is 1. The van der Waals surface area contributed by atoms with Gasteiger partial charge in [-0.2, -0.15) is 0 Å². The lowest BCUT2D eigenvalue weighted by Gasteiger charge is -2.08. The number of hydrogen-bond donors (Lipinski definition) is 1. The Balaban J connectivity index is 2.19. The Kier molecular flexibility index (Phi) is 3.57. The number of rotatable bonds is 4. The predicted octanol–water partition coefficient (Wildman–Crippen LogP) is 3.93. The predicted molar refractivity (Wildman–Crippen MR) is 95.7 cm³/mol. The van der Waals surface area contributed by atoms with Crippen LogP contribution in [0.4, 0.5) is 0 Å². The number of aliphatic carboxylic acids is 1. The van der Waals surface area contributed by atoms with Gasteiger partial charge >= 0.3 is 5.97 Å². The Morgan fingerprint density at radius 3 is 2.60 bits per heavy atom. The third-order valence-corrected chi connectivity index (χ3v) is 4.30. The summed E-state index contributed by atoms with van der Waals surface area (Å²) in [7, 11) is -2.64. The highest BCUT2D eigenvalue weighted by molar-refractivity contribution is 6.30. The van der Waals surface area contributed by atoms with Crippen molar-refractivity contribution in [3.05, 3.63) is 64.3 Å². The van der Waals surface area contributed by atoms with E-state index >= 15 is 0 Å². The topological polar surface area (TPSA) is 68.5 Å². The number of halogens is 1. The normalized spacial score (nSPS) is 13.1. The number of carboxylic acid groups (broad SMARTS) is 1. The minimum atomic E-state index is -2.64. The van der Waals surface area contributed by atoms with Gasteiger partial charge in [0.1, 0.15) is 5.75 Å². The molecule has 1 N–H and O–H groups in total. The fourth-order valence-corrected chi connectivity index (χ4v) is 3.01. The number of methoxy groups -OCH3 is 1. The third kappa shape index (κ3) is 3.10. The van der Waals surface area contributed by atoms with Crippen LogP contribution in [0.25, 0.3) is 10.9 Å². The highest BCUT2D eigenvalue weighted by Crippen LogP contribution is 2.30. The van der Waals surface area contributed by atoms with E-state index < -0.39 is 13.0 Å². The van der Waals surface area contributed by atoms with E-state index in [0.717, 1.165) is 0 Å². The van der Waals surface area contributed by atoms with Crippen LogP contribution in [-0.2, 0) is 11.2 Å². The van der Waals surface area contributed by atoms with Gasteiger partial charge in [-0.25, -0.2) is 0 Å². The molecule has 0 amide bonds. The molecule has 5 nitrogen and oxygen atoms in total. The lowest BCUT2D eigenvalue weighted by Crippen LogP contribution is -2.14. The van der Waals surface area contributed by atoms with Crippen LogP contribution in [0.2, 0.25) is 5.02 Å². The minimum Gasteiger partial charge on any atom is -0.497 e. The molecule has 6 heteroatoms. The molecule has 25 heavy (non-hydrogen) atoms. The molecule has 0 unspecified atom stereocenters. The quantitative estimate of drug-likeness (QED) is 0.765. The molecule has 128 valence electrons. The highest BCUT2D eigenvalue weighted by atomic mass is 35.5. The van der Waals surface area contributed by atoms with Gasteiger partial charge in [-0.3, -0.25) is 14.2 Å².